The maximum absolute atomic E-state index is 4.67. The Morgan fingerprint density at radius 3 is 2.62 bits per heavy atom. The second-order valence-corrected chi connectivity index (χ2v) is 1.97. The molecule has 1 heterocycles. The molecular formula is C3H5N3S2. The van der Waals surface area contributed by atoms with Crippen LogP contribution in [0.5, 0.6) is 0 Å². The Hall–Kier alpha value is -0.290. The fourth-order valence-electron chi connectivity index (χ4n) is 0.379. The summed E-state index contributed by atoms with van der Waals surface area (Å²) < 4.78 is 0.481. The maximum atomic E-state index is 4.67. The first kappa shape index (κ1) is 5.84. The van der Waals surface area contributed by atoms with Gasteiger partial charge in [0, 0.05) is 0 Å². The van der Waals surface area contributed by atoms with Crippen molar-refractivity contribution in [3.8, 4) is 0 Å². The summed E-state index contributed by atoms with van der Waals surface area (Å²) in [4.78, 5) is 3.86. The number of hydrogen-bond donors (Lipinski definition) is 3. The summed E-state index contributed by atoms with van der Waals surface area (Å²) in [6.45, 7) is 0. The van der Waals surface area contributed by atoms with Crippen LogP contribution >= 0.6 is 24.8 Å². The van der Waals surface area contributed by atoms with Crippen LogP contribution in [0.15, 0.2) is 0 Å². The fourth-order valence-corrected chi connectivity index (χ4v) is 0.690. The molecule has 0 saturated heterocycles. The molecule has 0 aliphatic carbocycles. The van der Waals surface area contributed by atoms with Crippen LogP contribution in [0.25, 0.3) is 0 Å². The second kappa shape index (κ2) is 2.32. The molecule has 0 amide bonds. The minimum absolute atomic E-state index is 0.481. The Balaban J connectivity index is 3.01. The molecule has 3 nitrogen and oxygen atoms in total. The van der Waals surface area contributed by atoms with Crippen LogP contribution in [0.4, 0.5) is 0 Å². The Bertz CT molecular complexity index is 212. The molecule has 0 atom stereocenters. The minimum atomic E-state index is 0.481. The monoisotopic (exact) mass is 147 g/mol. The third kappa shape index (κ3) is 1.10. The lowest BCUT2D eigenvalue weighted by molar-refractivity contribution is 1.02. The average molecular weight is 147 g/mol. The van der Waals surface area contributed by atoms with Crippen molar-refractivity contribution < 1.29 is 0 Å². The van der Waals surface area contributed by atoms with E-state index in [9.17, 15) is 0 Å². The van der Waals surface area contributed by atoms with Crippen molar-refractivity contribution in [3.05, 3.63) is 10.6 Å². The largest absolute Gasteiger partial charge is 0.285 e. The van der Waals surface area contributed by atoms with E-state index in [1.807, 2.05) is 0 Å². The third-order valence-electron chi connectivity index (χ3n) is 0.700. The van der Waals surface area contributed by atoms with Gasteiger partial charge in [-0.2, -0.15) is 12.6 Å². The minimum Gasteiger partial charge on any atom is -0.285 e. The zero-order chi connectivity index (χ0) is 5.98. The lowest BCUT2D eigenvalue weighted by atomic mass is 10.7. The first-order valence-electron chi connectivity index (χ1n) is 2.07. The van der Waals surface area contributed by atoms with Crippen LogP contribution < -0.4 is 0 Å². The zero-order valence-electron chi connectivity index (χ0n) is 4.01. The highest BCUT2D eigenvalue weighted by molar-refractivity contribution is 7.79. The van der Waals surface area contributed by atoms with Crippen molar-refractivity contribution in [2.45, 2.75) is 5.75 Å². The van der Waals surface area contributed by atoms with Crippen LogP contribution in [0, 0.1) is 4.77 Å². The van der Waals surface area contributed by atoms with Gasteiger partial charge in [0.15, 0.2) is 0 Å². The molecule has 8 heavy (non-hydrogen) atoms. The van der Waals surface area contributed by atoms with E-state index in [-0.39, 0.29) is 0 Å². The Kier molecular flexibility index (Phi) is 1.69. The summed E-state index contributed by atoms with van der Waals surface area (Å²) in [5.74, 6) is 1.37. The number of aromatic nitrogens is 3. The van der Waals surface area contributed by atoms with Gasteiger partial charge in [0.2, 0.25) is 4.77 Å². The lowest BCUT2D eigenvalue weighted by Crippen LogP contribution is -1.77. The van der Waals surface area contributed by atoms with Gasteiger partial charge in [0.1, 0.15) is 5.82 Å². The van der Waals surface area contributed by atoms with Crippen molar-refractivity contribution >= 4 is 24.8 Å². The normalized spacial score (nSPS) is 9.62. The van der Waals surface area contributed by atoms with E-state index in [1.54, 1.807) is 0 Å². The first-order chi connectivity index (χ1) is 3.83. The summed E-state index contributed by atoms with van der Waals surface area (Å²) in [5, 5.41) is 5.39. The quantitative estimate of drug-likeness (QED) is 0.408. The molecule has 5 heteroatoms. The van der Waals surface area contributed by atoms with Crippen molar-refractivity contribution in [1.29, 1.82) is 0 Å². The highest BCUT2D eigenvalue weighted by atomic mass is 32.1. The predicted octanol–water partition coefficient (Wildman–Crippen LogP) is 0.897. The summed E-state index contributed by atoms with van der Waals surface area (Å²) in [7, 11) is 0. The molecule has 0 spiro atoms. The van der Waals surface area contributed by atoms with Gasteiger partial charge in [-0.05, 0) is 12.2 Å². The summed E-state index contributed by atoms with van der Waals surface area (Å²) >= 11 is 8.63. The van der Waals surface area contributed by atoms with Crippen LogP contribution in [-0.4, -0.2) is 15.2 Å². The third-order valence-corrected chi connectivity index (χ3v) is 1.19. The average Bonchev–Trinajstić information content (AvgIpc) is 2.14. The Morgan fingerprint density at radius 1 is 1.62 bits per heavy atom. The molecule has 0 saturated carbocycles. The number of thiol groups is 1. The standard InChI is InChI=1S/C3H5N3S2/c7-1-2-4-3(8)6-5-2/h7H,1H2,(H2,4,5,6,8). The zero-order valence-corrected chi connectivity index (χ0v) is 5.72. The number of rotatable bonds is 1. The van der Waals surface area contributed by atoms with Crippen molar-refractivity contribution in [2.75, 3.05) is 0 Å². The molecule has 1 aromatic heterocycles. The van der Waals surface area contributed by atoms with Gasteiger partial charge >= 0.3 is 0 Å². The van der Waals surface area contributed by atoms with E-state index in [4.69, 9.17) is 0 Å². The molecule has 0 aliphatic rings. The Morgan fingerprint density at radius 2 is 2.38 bits per heavy atom. The van der Waals surface area contributed by atoms with E-state index in [1.165, 1.54) is 0 Å². The van der Waals surface area contributed by atoms with Gasteiger partial charge in [-0.1, -0.05) is 0 Å². The number of nitrogens with zero attached hydrogens (tertiary/aromatic N) is 1. The molecule has 0 radical (unpaired) electrons. The van der Waals surface area contributed by atoms with Crippen molar-refractivity contribution in [1.82, 2.24) is 15.2 Å². The van der Waals surface area contributed by atoms with Crippen LogP contribution in [0.2, 0.25) is 0 Å². The second-order valence-electron chi connectivity index (χ2n) is 1.27. The van der Waals surface area contributed by atoms with Crippen LogP contribution in [-0.2, 0) is 5.75 Å². The van der Waals surface area contributed by atoms with Gasteiger partial charge in [-0.3, -0.25) is 10.2 Å². The predicted molar refractivity (Wildman–Crippen MR) is 36.5 cm³/mol. The number of H-pyrrole nitrogens is 2. The molecule has 0 fully saturated rings. The molecule has 1 aromatic rings. The molecule has 0 unspecified atom stereocenters. The highest BCUT2D eigenvalue weighted by Gasteiger charge is 1.87. The van der Waals surface area contributed by atoms with Gasteiger partial charge in [-0.25, -0.2) is 4.98 Å². The number of hydrogen-bond acceptors (Lipinski definition) is 3. The number of aromatic amines is 2. The van der Waals surface area contributed by atoms with Crippen LogP contribution in [0.3, 0.4) is 0 Å². The molecule has 0 aliphatic heterocycles. The van der Waals surface area contributed by atoms with Gasteiger partial charge in [0.25, 0.3) is 0 Å². The molecule has 2 N–H and O–H groups in total. The summed E-state index contributed by atoms with van der Waals surface area (Å²) in [5.41, 5.74) is 0. The van der Waals surface area contributed by atoms with E-state index in [0.29, 0.717) is 10.5 Å². The molecule has 0 bridgehead atoms. The van der Waals surface area contributed by atoms with Crippen molar-refractivity contribution in [2.24, 2.45) is 0 Å². The maximum Gasteiger partial charge on any atom is 0.213 e. The first-order valence-corrected chi connectivity index (χ1v) is 3.11. The molecule has 0 aromatic carbocycles. The van der Waals surface area contributed by atoms with Crippen LogP contribution in [0.1, 0.15) is 5.82 Å². The highest BCUT2D eigenvalue weighted by Crippen LogP contribution is 1.90. The van der Waals surface area contributed by atoms with Crippen molar-refractivity contribution in [3.63, 3.8) is 0 Å². The van der Waals surface area contributed by atoms with E-state index < -0.39 is 0 Å². The Labute approximate surface area is 56.9 Å². The summed E-state index contributed by atoms with van der Waals surface area (Å²) in [6, 6.07) is 0. The van der Waals surface area contributed by atoms with Gasteiger partial charge < -0.3 is 0 Å². The molecule has 44 valence electrons. The van der Waals surface area contributed by atoms with E-state index in [0.717, 1.165) is 5.82 Å². The smallest absolute Gasteiger partial charge is 0.213 e. The summed E-state index contributed by atoms with van der Waals surface area (Å²) in [6.07, 6.45) is 0. The topological polar surface area (TPSA) is 44.5 Å². The number of nitrogens with one attached hydrogen (secondary N) is 2. The SMILES string of the molecule is S=c1nc(CS)[nH][nH]1. The lowest BCUT2D eigenvalue weighted by Gasteiger charge is -1.77. The fraction of sp³-hybridized carbons (Fsp3) is 0.333. The van der Waals surface area contributed by atoms with E-state index >= 15 is 0 Å². The van der Waals surface area contributed by atoms with Gasteiger partial charge in [-0.15, -0.1) is 0 Å². The molecular weight excluding hydrogens is 142 g/mol. The van der Waals surface area contributed by atoms with E-state index in [2.05, 4.69) is 40.0 Å². The molecule has 1 rings (SSSR count). The van der Waals surface area contributed by atoms with Gasteiger partial charge in [0.05, 0.1) is 5.75 Å².